The van der Waals surface area contributed by atoms with Gasteiger partial charge in [-0.1, -0.05) is 18.2 Å². The molecule has 0 saturated carbocycles. The van der Waals surface area contributed by atoms with Gasteiger partial charge in [0.2, 0.25) is 5.88 Å². The van der Waals surface area contributed by atoms with E-state index in [1.807, 2.05) is 24.3 Å². The van der Waals surface area contributed by atoms with E-state index in [2.05, 4.69) is 20.4 Å². The normalized spacial score (nSPS) is 10.4. The van der Waals surface area contributed by atoms with Crippen LogP contribution in [0, 0.1) is 0 Å². The standard InChI is InChI=1S/C13H12N6O/c14-10-12(19-15)17-7-18-13(10)20-9-5-1-3-8-4-2-6-16-11(8)9/h1-7H,14-15H2,(H,17,18,19). The fraction of sp³-hybridized carbons (Fsp3) is 0. The highest BCUT2D eigenvalue weighted by Crippen LogP contribution is 2.32. The Labute approximate surface area is 114 Å². The Balaban J connectivity index is 2.06. The molecule has 0 aliphatic rings. The number of aromatic nitrogens is 3. The summed E-state index contributed by atoms with van der Waals surface area (Å²) in [4.78, 5) is 12.2. The molecule has 1 aromatic carbocycles. The summed E-state index contributed by atoms with van der Waals surface area (Å²) < 4.78 is 5.73. The highest BCUT2D eigenvalue weighted by molar-refractivity contribution is 5.84. The van der Waals surface area contributed by atoms with Gasteiger partial charge in [0.05, 0.1) is 0 Å². The Bertz CT molecular complexity index is 755. The van der Waals surface area contributed by atoms with Crippen LogP contribution in [0.4, 0.5) is 11.5 Å². The van der Waals surface area contributed by atoms with E-state index in [1.54, 1.807) is 12.3 Å². The maximum atomic E-state index is 5.87. The number of hydrogen-bond acceptors (Lipinski definition) is 7. The van der Waals surface area contributed by atoms with Crippen molar-refractivity contribution in [1.82, 2.24) is 15.0 Å². The summed E-state index contributed by atoms with van der Waals surface area (Å²) in [5, 5.41) is 0.967. The molecule has 2 heterocycles. The van der Waals surface area contributed by atoms with E-state index in [4.69, 9.17) is 16.3 Å². The molecule has 0 bridgehead atoms. The zero-order valence-corrected chi connectivity index (χ0v) is 10.4. The first-order chi connectivity index (χ1) is 9.79. The summed E-state index contributed by atoms with van der Waals surface area (Å²) in [5.41, 5.74) is 9.23. The average molecular weight is 268 g/mol. The quantitative estimate of drug-likeness (QED) is 0.489. The first-order valence-corrected chi connectivity index (χ1v) is 5.88. The molecule has 0 unspecified atom stereocenters. The number of fused-ring (bicyclic) bond motifs is 1. The number of pyridine rings is 1. The predicted octanol–water partition coefficient (Wildman–Crippen LogP) is 1.68. The van der Waals surface area contributed by atoms with Crippen LogP contribution in [0.5, 0.6) is 11.6 Å². The van der Waals surface area contributed by atoms with E-state index in [0.717, 1.165) is 10.9 Å². The maximum Gasteiger partial charge on any atom is 0.248 e. The molecule has 0 fully saturated rings. The molecule has 0 aliphatic heterocycles. The summed E-state index contributed by atoms with van der Waals surface area (Å²) >= 11 is 0. The van der Waals surface area contributed by atoms with Crippen LogP contribution in [0.1, 0.15) is 0 Å². The van der Waals surface area contributed by atoms with Crippen LogP contribution >= 0.6 is 0 Å². The molecule has 0 aliphatic carbocycles. The lowest BCUT2D eigenvalue weighted by Crippen LogP contribution is -2.12. The molecule has 20 heavy (non-hydrogen) atoms. The number of nitrogens with one attached hydrogen (secondary N) is 1. The molecule has 2 aromatic heterocycles. The lowest BCUT2D eigenvalue weighted by molar-refractivity contribution is 0.469. The first-order valence-electron chi connectivity index (χ1n) is 5.88. The van der Waals surface area contributed by atoms with Gasteiger partial charge < -0.3 is 15.9 Å². The number of anilines is 2. The minimum atomic E-state index is 0.228. The lowest BCUT2D eigenvalue weighted by atomic mass is 10.2. The van der Waals surface area contributed by atoms with Gasteiger partial charge in [0.25, 0.3) is 0 Å². The molecule has 0 amide bonds. The van der Waals surface area contributed by atoms with Crippen LogP contribution < -0.4 is 21.7 Å². The van der Waals surface area contributed by atoms with Gasteiger partial charge in [-0.25, -0.2) is 10.8 Å². The number of hydrazine groups is 1. The van der Waals surface area contributed by atoms with Gasteiger partial charge in [0.15, 0.2) is 11.6 Å². The summed E-state index contributed by atoms with van der Waals surface area (Å²) in [6, 6.07) is 9.43. The van der Waals surface area contributed by atoms with Crippen molar-refractivity contribution in [3.8, 4) is 11.6 Å². The number of rotatable bonds is 3. The molecular weight excluding hydrogens is 256 g/mol. The average Bonchev–Trinajstić information content (AvgIpc) is 2.50. The van der Waals surface area contributed by atoms with Crippen molar-refractivity contribution in [2.45, 2.75) is 0 Å². The van der Waals surface area contributed by atoms with Crippen molar-refractivity contribution < 1.29 is 4.74 Å². The Morgan fingerprint density at radius 2 is 1.90 bits per heavy atom. The smallest absolute Gasteiger partial charge is 0.248 e. The first kappa shape index (κ1) is 12.1. The third-order valence-corrected chi connectivity index (χ3v) is 2.79. The third kappa shape index (κ3) is 2.06. The molecule has 100 valence electrons. The molecule has 5 N–H and O–H groups in total. The van der Waals surface area contributed by atoms with Crippen molar-refractivity contribution >= 4 is 22.4 Å². The van der Waals surface area contributed by atoms with Gasteiger partial charge >= 0.3 is 0 Å². The van der Waals surface area contributed by atoms with Crippen LogP contribution in [0.2, 0.25) is 0 Å². The van der Waals surface area contributed by atoms with E-state index < -0.39 is 0 Å². The Morgan fingerprint density at radius 3 is 2.75 bits per heavy atom. The van der Waals surface area contributed by atoms with E-state index in [9.17, 15) is 0 Å². The van der Waals surface area contributed by atoms with Crippen LogP contribution in [-0.4, -0.2) is 15.0 Å². The highest BCUT2D eigenvalue weighted by atomic mass is 16.5. The molecule has 3 aromatic rings. The van der Waals surface area contributed by atoms with Gasteiger partial charge in [0.1, 0.15) is 17.5 Å². The molecule has 0 saturated heterocycles. The highest BCUT2D eigenvalue weighted by Gasteiger charge is 2.11. The van der Waals surface area contributed by atoms with E-state index >= 15 is 0 Å². The summed E-state index contributed by atoms with van der Waals surface area (Å²) in [6.45, 7) is 0. The van der Waals surface area contributed by atoms with Crippen molar-refractivity contribution in [2.75, 3.05) is 11.2 Å². The second-order valence-corrected chi connectivity index (χ2v) is 4.02. The molecule has 0 radical (unpaired) electrons. The summed E-state index contributed by atoms with van der Waals surface area (Å²) in [7, 11) is 0. The number of para-hydroxylation sites is 1. The number of nitrogens with zero attached hydrogens (tertiary/aromatic N) is 3. The van der Waals surface area contributed by atoms with E-state index in [-0.39, 0.29) is 11.6 Å². The summed E-state index contributed by atoms with van der Waals surface area (Å²) in [5.74, 6) is 6.42. The Hall–Kier alpha value is -2.93. The van der Waals surface area contributed by atoms with Gasteiger partial charge in [-0.15, -0.1) is 0 Å². The number of nitrogen functional groups attached to an aromatic ring is 2. The molecule has 0 atom stereocenters. The zero-order valence-electron chi connectivity index (χ0n) is 10.4. The zero-order chi connectivity index (χ0) is 13.9. The van der Waals surface area contributed by atoms with E-state index in [0.29, 0.717) is 11.6 Å². The van der Waals surface area contributed by atoms with Crippen LogP contribution in [-0.2, 0) is 0 Å². The lowest BCUT2D eigenvalue weighted by Gasteiger charge is -2.10. The van der Waals surface area contributed by atoms with Gasteiger partial charge in [0, 0.05) is 11.6 Å². The summed E-state index contributed by atoms with van der Waals surface area (Å²) in [6.07, 6.45) is 3.02. The fourth-order valence-electron chi connectivity index (χ4n) is 1.84. The van der Waals surface area contributed by atoms with Crippen LogP contribution in [0.15, 0.2) is 42.9 Å². The number of ether oxygens (including phenoxy) is 1. The molecular formula is C13H12N6O. The van der Waals surface area contributed by atoms with E-state index in [1.165, 1.54) is 6.33 Å². The maximum absolute atomic E-state index is 5.87. The minimum absolute atomic E-state index is 0.228. The van der Waals surface area contributed by atoms with Crippen molar-refractivity contribution in [3.05, 3.63) is 42.9 Å². The Kier molecular flexibility index (Phi) is 3.02. The fourth-order valence-corrected chi connectivity index (χ4v) is 1.84. The predicted molar refractivity (Wildman–Crippen MR) is 76.1 cm³/mol. The molecule has 0 spiro atoms. The minimum Gasteiger partial charge on any atom is -0.435 e. The number of nitrogens with two attached hydrogens (primary N) is 2. The van der Waals surface area contributed by atoms with Crippen LogP contribution in [0.25, 0.3) is 10.9 Å². The van der Waals surface area contributed by atoms with Crippen LogP contribution in [0.3, 0.4) is 0 Å². The largest absolute Gasteiger partial charge is 0.435 e. The van der Waals surface area contributed by atoms with Gasteiger partial charge in [-0.2, -0.15) is 4.98 Å². The second-order valence-electron chi connectivity index (χ2n) is 4.02. The monoisotopic (exact) mass is 268 g/mol. The number of benzene rings is 1. The van der Waals surface area contributed by atoms with Crippen molar-refractivity contribution in [3.63, 3.8) is 0 Å². The molecule has 7 nitrogen and oxygen atoms in total. The molecule has 3 rings (SSSR count). The number of hydrogen-bond donors (Lipinski definition) is 3. The third-order valence-electron chi connectivity index (χ3n) is 2.79. The second kappa shape index (κ2) is 4.98. The van der Waals surface area contributed by atoms with Gasteiger partial charge in [-0.05, 0) is 12.1 Å². The Morgan fingerprint density at radius 1 is 1.05 bits per heavy atom. The van der Waals surface area contributed by atoms with Gasteiger partial charge in [-0.3, -0.25) is 4.98 Å². The molecule has 7 heteroatoms. The SMILES string of the molecule is NNc1ncnc(Oc2cccc3cccnc23)c1N. The van der Waals surface area contributed by atoms with Crippen molar-refractivity contribution in [2.24, 2.45) is 5.84 Å². The topological polar surface area (TPSA) is 112 Å². The van der Waals surface area contributed by atoms with Crippen molar-refractivity contribution in [1.29, 1.82) is 0 Å².